The highest BCUT2D eigenvalue weighted by Gasteiger charge is 2.29. The van der Waals surface area contributed by atoms with Gasteiger partial charge in [0.15, 0.2) is 24.1 Å². The summed E-state index contributed by atoms with van der Waals surface area (Å²) >= 11 is 1.62. The van der Waals surface area contributed by atoms with Gasteiger partial charge in [0.1, 0.15) is 0 Å². The molecule has 0 aliphatic carbocycles. The summed E-state index contributed by atoms with van der Waals surface area (Å²) in [5.41, 5.74) is 1.82. The highest BCUT2D eigenvalue weighted by molar-refractivity contribution is 14.0. The quantitative estimate of drug-likeness (QED) is 0.273. The van der Waals surface area contributed by atoms with Crippen molar-refractivity contribution in [3.63, 3.8) is 0 Å². The number of halogens is 4. The molecule has 0 bridgehead atoms. The van der Waals surface area contributed by atoms with Gasteiger partial charge in [0, 0.05) is 24.9 Å². The maximum absolute atomic E-state index is 12.3. The summed E-state index contributed by atoms with van der Waals surface area (Å²) in [4.78, 5) is 8.94. The van der Waals surface area contributed by atoms with Crippen molar-refractivity contribution in [2.24, 2.45) is 4.99 Å². The van der Waals surface area contributed by atoms with E-state index in [0.717, 1.165) is 22.7 Å². The Morgan fingerprint density at radius 2 is 2.00 bits per heavy atom. The molecule has 0 saturated heterocycles. The van der Waals surface area contributed by atoms with Gasteiger partial charge in [0.05, 0.1) is 24.4 Å². The molecule has 0 amide bonds. The van der Waals surface area contributed by atoms with Crippen molar-refractivity contribution in [3.05, 3.63) is 39.8 Å². The molecule has 0 radical (unpaired) electrons. The van der Waals surface area contributed by atoms with E-state index in [1.54, 1.807) is 23.5 Å². The van der Waals surface area contributed by atoms with Gasteiger partial charge < -0.3 is 20.1 Å². The number of methoxy groups -OCH3 is 1. The number of alkyl halides is 3. The molecule has 0 unspecified atom stereocenters. The topological polar surface area (TPSA) is 67.8 Å². The summed E-state index contributed by atoms with van der Waals surface area (Å²) in [6, 6.07) is 4.75. The van der Waals surface area contributed by atoms with Crippen molar-refractivity contribution in [2.45, 2.75) is 33.0 Å². The second-order valence-corrected chi connectivity index (χ2v) is 7.18. The zero-order valence-electron chi connectivity index (χ0n) is 17.0. The number of aryl methyl sites for hydroxylation is 1. The van der Waals surface area contributed by atoms with E-state index in [0.29, 0.717) is 25.6 Å². The Hall–Kier alpha value is -1.76. The average molecular weight is 558 g/mol. The number of nitrogens with zero attached hydrogens (tertiary/aromatic N) is 2. The number of benzene rings is 1. The van der Waals surface area contributed by atoms with E-state index in [1.165, 1.54) is 13.2 Å². The first kappa shape index (κ1) is 26.3. The summed E-state index contributed by atoms with van der Waals surface area (Å²) < 4.78 is 47.0. The van der Waals surface area contributed by atoms with E-state index in [1.807, 2.05) is 19.2 Å². The molecule has 6 nitrogen and oxygen atoms in total. The third-order valence-corrected chi connectivity index (χ3v) is 4.55. The van der Waals surface area contributed by atoms with Crippen LogP contribution in [0.3, 0.4) is 0 Å². The van der Waals surface area contributed by atoms with Gasteiger partial charge in [-0.15, -0.1) is 35.3 Å². The van der Waals surface area contributed by atoms with Crippen molar-refractivity contribution < 1.29 is 22.6 Å². The molecule has 0 saturated carbocycles. The number of nitrogens with one attached hydrogen (secondary N) is 2. The normalized spacial score (nSPS) is 11.6. The van der Waals surface area contributed by atoms with Crippen molar-refractivity contribution in [2.75, 3.05) is 26.8 Å². The summed E-state index contributed by atoms with van der Waals surface area (Å²) in [6.07, 6.45) is -3.62. The highest BCUT2D eigenvalue weighted by atomic mass is 127. The lowest BCUT2D eigenvalue weighted by atomic mass is 10.2. The van der Waals surface area contributed by atoms with Gasteiger partial charge in [0.25, 0.3) is 0 Å². The number of ether oxygens (including phenoxy) is 2. The van der Waals surface area contributed by atoms with Gasteiger partial charge in [0.2, 0.25) is 0 Å². The van der Waals surface area contributed by atoms with Crippen molar-refractivity contribution >= 4 is 41.3 Å². The maximum Gasteiger partial charge on any atom is 0.422 e. The van der Waals surface area contributed by atoms with Crippen LogP contribution in [-0.4, -0.2) is 43.9 Å². The fraction of sp³-hybridized carbons (Fsp3) is 0.474. The molecule has 168 valence electrons. The molecule has 11 heteroatoms. The zero-order chi connectivity index (χ0) is 21.3. The Labute approximate surface area is 195 Å². The van der Waals surface area contributed by atoms with Crippen LogP contribution in [0.4, 0.5) is 13.2 Å². The van der Waals surface area contributed by atoms with Gasteiger partial charge >= 0.3 is 6.18 Å². The lowest BCUT2D eigenvalue weighted by Crippen LogP contribution is -2.38. The lowest BCUT2D eigenvalue weighted by Gasteiger charge is -2.14. The van der Waals surface area contributed by atoms with Crippen LogP contribution in [0.25, 0.3) is 0 Å². The zero-order valence-corrected chi connectivity index (χ0v) is 20.2. The predicted molar refractivity (Wildman–Crippen MR) is 123 cm³/mol. The molecule has 1 aromatic heterocycles. The van der Waals surface area contributed by atoms with Gasteiger partial charge in [-0.25, -0.2) is 9.98 Å². The van der Waals surface area contributed by atoms with Crippen LogP contribution in [-0.2, 0) is 13.0 Å². The molecule has 0 atom stereocenters. The Kier molecular flexibility index (Phi) is 11.2. The molecule has 0 aliphatic heterocycles. The first-order valence-electron chi connectivity index (χ1n) is 9.10. The summed E-state index contributed by atoms with van der Waals surface area (Å²) in [5, 5.41) is 9.49. The van der Waals surface area contributed by atoms with Crippen molar-refractivity contribution in [3.8, 4) is 11.5 Å². The van der Waals surface area contributed by atoms with Gasteiger partial charge in [-0.05, 0) is 31.5 Å². The largest absolute Gasteiger partial charge is 0.493 e. The van der Waals surface area contributed by atoms with Crippen molar-refractivity contribution in [1.82, 2.24) is 15.6 Å². The van der Waals surface area contributed by atoms with Crippen LogP contribution in [0.15, 0.2) is 28.6 Å². The molecular weight excluding hydrogens is 532 g/mol. The number of aromatic nitrogens is 1. The number of hydrogen-bond donors (Lipinski definition) is 2. The Morgan fingerprint density at radius 1 is 1.23 bits per heavy atom. The maximum atomic E-state index is 12.3. The molecule has 2 rings (SSSR count). The summed E-state index contributed by atoms with van der Waals surface area (Å²) in [5.74, 6) is 0.927. The minimum atomic E-state index is -4.41. The average Bonchev–Trinajstić information content (AvgIpc) is 3.09. The minimum Gasteiger partial charge on any atom is -0.493 e. The lowest BCUT2D eigenvalue weighted by molar-refractivity contribution is -0.153. The number of rotatable bonds is 9. The molecule has 1 aromatic carbocycles. The Bertz CT molecular complexity index is 815. The third-order valence-electron chi connectivity index (χ3n) is 3.72. The first-order valence-corrected chi connectivity index (χ1v) is 9.98. The van der Waals surface area contributed by atoms with Gasteiger partial charge in [-0.2, -0.15) is 13.2 Å². The smallest absolute Gasteiger partial charge is 0.422 e. The van der Waals surface area contributed by atoms with Crippen LogP contribution in [0, 0.1) is 6.92 Å². The fourth-order valence-corrected chi connectivity index (χ4v) is 3.08. The summed E-state index contributed by atoms with van der Waals surface area (Å²) in [6.45, 7) is 4.30. The summed E-state index contributed by atoms with van der Waals surface area (Å²) in [7, 11) is 1.38. The van der Waals surface area contributed by atoms with Crippen LogP contribution in [0.1, 0.15) is 23.2 Å². The van der Waals surface area contributed by atoms with Crippen LogP contribution < -0.4 is 20.1 Å². The van der Waals surface area contributed by atoms with Crippen molar-refractivity contribution in [1.29, 1.82) is 0 Å². The molecule has 2 N–H and O–H groups in total. The number of guanidine groups is 1. The second kappa shape index (κ2) is 12.8. The molecular formula is C19H26F3IN4O2S. The highest BCUT2D eigenvalue weighted by Crippen LogP contribution is 2.30. The molecule has 2 aromatic rings. The molecule has 30 heavy (non-hydrogen) atoms. The number of hydrogen-bond acceptors (Lipinski definition) is 5. The number of aliphatic imine (C=N–C) groups is 1. The van der Waals surface area contributed by atoms with Crippen LogP contribution in [0.2, 0.25) is 0 Å². The Morgan fingerprint density at radius 3 is 2.60 bits per heavy atom. The van der Waals surface area contributed by atoms with Gasteiger partial charge in [-0.1, -0.05) is 6.07 Å². The van der Waals surface area contributed by atoms with E-state index in [-0.39, 0.29) is 35.5 Å². The van der Waals surface area contributed by atoms with E-state index in [9.17, 15) is 13.2 Å². The van der Waals surface area contributed by atoms with E-state index >= 15 is 0 Å². The molecule has 1 heterocycles. The minimum absolute atomic E-state index is 0. The fourth-order valence-electron chi connectivity index (χ4n) is 2.43. The van der Waals surface area contributed by atoms with Crippen LogP contribution >= 0.6 is 35.3 Å². The third kappa shape index (κ3) is 9.37. The molecule has 0 aliphatic rings. The second-order valence-electron chi connectivity index (χ2n) is 6.12. The Balaban J connectivity index is 0.00000450. The van der Waals surface area contributed by atoms with E-state index in [4.69, 9.17) is 9.47 Å². The van der Waals surface area contributed by atoms with Gasteiger partial charge in [-0.3, -0.25) is 0 Å². The SMILES string of the molecule is CCNC(=NCc1ccc(OCC(F)(F)F)c(OC)c1)NCCc1csc(C)n1.I. The van der Waals surface area contributed by atoms with E-state index in [2.05, 4.69) is 20.6 Å². The van der Waals surface area contributed by atoms with Crippen LogP contribution in [0.5, 0.6) is 11.5 Å². The first-order chi connectivity index (χ1) is 13.8. The molecule has 0 fully saturated rings. The molecule has 0 spiro atoms. The van der Waals surface area contributed by atoms with E-state index < -0.39 is 12.8 Å². The predicted octanol–water partition coefficient (Wildman–Crippen LogP) is 4.32. The monoisotopic (exact) mass is 558 g/mol. The number of thiazole rings is 1. The standard InChI is InChI=1S/C19H25F3N4O2S.HI/c1-4-23-18(24-8-7-15-11-29-13(2)26-15)25-10-14-5-6-16(17(9-14)27-3)28-12-19(20,21)22;/h5-6,9,11H,4,7-8,10,12H2,1-3H3,(H2,23,24,25);1H.